The lowest BCUT2D eigenvalue weighted by Gasteiger charge is -1.88. The van der Waals surface area contributed by atoms with E-state index in [0.717, 1.165) is 23.3 Å². The van der Waals surface area contributed by atoms with Crippen LogP contribution >= 0.6 is 0 Å². The van der Waals surface area contributed by atoms with E-state index in [9.17, 15) is 9.90 Å². The molecule has 2 nitrogen and oxygen atoms in total. The van der Waals surface area contributed by atoms with Gasteiger partial charge >= 0.3 is 0 Å². The molecule has 0 radical (unpaired) electrons. The maximum absolute atomic E-state index is 11.3. The molecule has 5 rings (SSSR count). The summed E-state index contributed by atoms with van der Waals surface area (Å²) in [6.45, 7) is 0. The third kappa shape index (κ3) is 0.488. The molecular weight excluding hydrogens is 164 g/mol. The summed E-state index contributed by atoms with van der Waals surface area (Å²) in [4.78, 5) is 11.3. The highest BCUT2D eigenvalue weighted by Gasteiger charge is 3.09. The predicted octanol–water partition coefficient (Wildman–Crippen LogP) is 0.880. The molecule has 4 aliphatic carbocycles. The summed E-state index contributed by atoms with van der Waals surface area (Å²) in [5.41, 5.74) is 1.34. The van der Waals surface area contributed by atoms with Gasteiger partial charge in [-0.25, -0.2) is 0 Å². The predicted molar refractivity (Wildman–Crippen MR) is 46.5 cm³/mol. The number of rotatable bonds is 1. The van der Waals surface area contributed by atoms with Crippen LogP contribution in [0.1, 0.15) is 5.56 Å². The van der Waals surface area contributed by atoms with E-state index < -0.39 is 0 Å². The van der Waals surface area contributed by atoms with Gasteiger partial charge in [-0.2, -0.15) is 0 Å². The Kier molecular flexibility index (Phi) is 0.671. The average molecular weight is 172 g/mol. The number of hydrogen-bond donors (Lipinski definition) is 1. The van der Waals surface area contributed by atoms with E-state index in [1.165, 1.54) is 6.07 Å². The van der Waals surface area contributed by atoms with Gasteiger partial charge in [0.15, 0.2) is 5.75 Å². The van der Waals surface area contributed by atoms with Crippen LogP contribution in [-0.4, -0.2) is 5.11 Å². The Labute approximate surface area is 74.8 Å². The summed E-state index contributed by atoms with van der Waals surface area (Å²) in [5, 5.41) is 9.20. The Morgan fingerprint density at radius 1 is 1.23 bits per heavy atom. The van der Waals surface area contributed by atoms with Gasteiger partial charge in [-0.1, -0.05) is 12.1 Å². The van der Waals surface area contributed by atoms with Gasteiger partial charge < -0.3 is 5.11 Å². The molecule has 0 spiro atoms. The first-order valence-corrected chi connectivity index (χ1v) is 4.62. The molecule has 1 aromatic rings. The molecule has 0 atom stereocenters. The van der Waals surface area contributed by atoms with Crippen molar-refractivity contribution in [3.63, 3.8) is 0 Å². The smallest absolute Gasteiger partial charge is 0.220 e. The molecule has 0 amide bonds. The maximum atomic E-state index is 11.3. The SMILES string of the molecule is O=c1cc(C23C4C2C43)cccc1O. The van der Waals surface area contributed by atoms with Gasteiger partial charge in [0.2, 0.25) is 5.43 Å². The Morgan fingerprint density at radius 2 is 1.92 bits per heavy atom. The van der Waals surface area contributed by atoms with Crippen LogP contribution in [0.15, 0.2) is 29.1 Å². The third-order valence-corrected chi connectivity index (χ3v) is 3.92. The highest BCUT2D eigenvalue weighted by atomic mass is 16.3. The molecule has 0 heterocycles. The molecule has 0 saturated heterocycles. The second-order valence-electron chi connectivity index (χ2n) is 4.39. The first-order valence-electron chi connectivity index (χ1n) is 4.62. The van der Waals surface area contributed by atoms with Crippen LogP contribution in [0.3, 0.4) is 0 Å². The third-order valence-electron chi connectivity index (χ3n) is 3.92. The second kappa shape index (κ2) is 1.41. The highest BCUT2D eigenvalue weighted by Crippen LogP contribution is 3.08. The lowest BCUT2D eigenvalue weighted by atomic mass is 10.2. The normalized spacial score (nSPS) is 46.6. The van der Waals surface area contributed by atoms with E-state index >= 15 is 0 Å². The Balaban J connectivity index is 1.96. The number of aromatic hydroxyl groups is 1. The zero-order valence-electron chi connectivity index (χ0n) is 6.90. The average Bonchev–Trinajstić information content (AvgIpc) is 2.95. The lowest BCUT2D eigenvalue weighted by molar-refractivity contribution is 0.471. The van der Waals surface area contributed by atoms with E-state index in [0.29, 0.717) is 5.41 Å². The van der Waals surface area contributed by atoms with Crippen LogP contribution in [0.4, 0.5) is 0 Å². The summed E-state index contributed by atoms with van der Waals surface area (Å²) in [6, 6.07) is 6.82. The minimum atomic E-state index is -0.244. The van der Waals surface area contributed by atoms with E-state index in [1.807, 2.05) is 6.07 Å². The summed E-state index contributed by atoms with van der Waals surface area (Å²) >= 11 is 0. The minimum Gasteiger partial charge on any atom is -0.504 e. The van der Waals surface area contributed by atoms with Gasteiger partial charge in [0.05, 0.1) is 0 Å². The van der Waals surface area contributed by atoms with Gasteiger partial charge in [0.1, 0.15) is 0 Å². The van der Waals surface area contributed by atoms with Gasteiger partial charge in [-0.3, -0.25) is 4.79 Å². The Morgan fingerprint density at radius 3 is 2.54 bits per heavy atom. The van der Waals surface area contributed by atoms with Crippen LogP contribution < -0.4 is 5.43 Å². The fraction of sp³-hybridized carbons (Fsp3) is 0.364. The van der Waals surface area contributed by atoms with Gasteiger partial charge in [0.25, 0.3) is 0 Å². The molecule has 13 heavy (non-hydrogen) atoms. The monoisotopic (exact) mass is 172 g/mol. The van der Waals surface area contributed by atoms with Crippen molar-refractivity contribution in [2.45, 2.75) is 5.41 Å². The molecule has 4 saturated carbocycles. The van der Waals surface area contributed by atoms with E-state index in [1.54, 1.807) is 12.1 Å². The second-order valence-corrected chi connectivity index (χ2v) is 4.39. The van der Waals surface area contributed by atoms with Gasteiger partial charge in [-0.15, -0.1) is 0 Å². The van der Waals surface area contributed by atoms with Crippen molar-refractivity contribution in [2.75, 3.05) is 0 Å². The molecule has 2 heteroatoms. The number of hydrogen-bond acceptors (Lipinski definition) is 2. The fourth-order valence-corrected chi connectivity index (χ4v) is 2.78. The summed E-state index contributed by atoms with van der Waals surface area (Å²) < 4.78 is 0. The molecule has 0 bridgehead atoms. The largest absolute Gasteiger partial charge is 0.504 e. The molecule has 0 aromatic heterocycles. The maximum Gasteiger partial charge on any atom is 0.220 e. The highest BCUT2D eigenvalue weighted by molar-refractivity contribution is 5.68. The molecule has 1 aromatic carbocycles. The van der Waals surface area contributed by atoms with Crippen molar-refractivity contribution in [3.8, 4) is 5.75 Å². The van der Waals surface area contributed by atoms with Crippen molar-refractivity contribution in [1.82, 2.24) is 0 Å². The summed E-state index contributed by atoms with van der Waals surface area (Å²) in [6.07, 6.45) is 0. The first-order chi connectivity index (χ1) is 6.28. The molecule has 64 valence electrons. The van der Waals surface area contributed by atoms with Crippen LogP contribution in [0.25, 0.3) is 0 Å². The molecule has 4 fully saturated rings. The minimum absolute atomic E-state index is 0.143. The van der Waals surface area contributed by atoms with Crippen molar-refractivity contribution in [1.29, 1.82) is 0 Å². The topological polar surface area (TPSA) is 37.3 Å². The van der Waals surface area contributed by atoms with Crippen molar-refractivity contribution < 1.29 is 5.11 Å². The van der Waals surface area contributed by atoms with E-state index in [-0.39, 0.29) is 11.2 Å². The molecule has 1 N–H and O–H groups in total. The molecule has 0 aliphatic heterocycles. The quantitative estimate of drug-likeness (QED) is 0.682. The van der Waals surface area contributed by atoms with Crippen LogP contribution in [0.2, 0.25) is 0 Å². The van der Waals surface area contributed by atoms with Crippen LogP contribution in [0, 0.1) is 17.8 Å². The summed E-state index contributed by atoms with van der Waals surface area (Å²) in [5.74, 6) is 2.60. The van der Waals surface area contributed by atoms with Crippen molar-refractivity contribution in [2.24, 2.45) is 17.8 Å². The molecule has 0 unspecified atom stereocenters. The Bertz CT molecular complexity index is 464. The van der Waals surface area contributed by atoms with Crippen LogP contribution in [0.5, 0.6) is 5.75 Å². The molecule has 4 aliphatic rings. The van der Waals surface area contributed by atoms with Crippen molar-refractivity contribution >= 4 is 0 Å². The first kappa shape index (κ1) is 6.19. The summed E-state index contributed by atoms with van der Waals surface area (Å²) in [7, 11) is 0. The fourth-order valence-electron chi connectivity index (χ4n) is 2.78. The van der Waals surface area contributed by atoms with Crippen LogP contribution in [-0.2, 0) is 5.41 Å². The van der Waals surface area contributed by atoms with Gasteiger partial charge in [-0.05, 0) is 35.4 Å². The van der Waals surface area contributed by atoms with E-state index in [4.69, 9.17) is 0 Å². The van der Waals surface area contributed by atoms with Crippen molar-refractivity contribution in [3.05, 3.63) is 40.1 Å². The zero-order chi connectivity index (χ0) is 8.79. The zero-order valence-corrected chi connectivity index (χ0v) is 6.90. The standard InChI is InChI=1S/C11H8O2/c12-6-3-1-2-5(4-7(6)13)11-8-9(11)10(8)11/h1-4,8-10H,(H,12,13). The van der Waals surface area contributed by atoms with Gasteiger partial charge in [0, 0.05) is 5.41 Å². The van der Waals surface area contributed by atoms with E-state index in [2.05, 4.69) is 0 Å². The molecular formula is C11H8O2. The Hall–Kier alpha value is -1.31. The lowest BCUT2D eigenvalue weighted by Crippen LogP contribution is -1.96.